The number of halogens is 2. The van der Waals surface area contributed by atoms with Crippen LogP contribution in [-0.4, -0.2) is 46.5 Å². The molecule has 2 aromatic carbocycles. The predicted molar refractivity (Wildman–Crippen MR) is 103 cm³/mol. The third-order valence-electron chi connectivity index (χ3n) is 4.96. The highest BCUT2D eigenvalue weighted by Crippen LogP contribution is 2.21. The number of carbonyl (C=O) groups excluding carboxylic acids is 1. The molecule has 1 fully saturated rings. The van der Waals surface area contributed by atoms with E-state index in [1.165, 1.54) is 16.5 Å². The van der Waals surface area contributed by atoms with Gasteiger partial charge in [-0.3, -0.25) is 9.36 Å². The van der Waals surface area contributed by atoms with E-state index in [0.717, 1.165) is 23.8 Å². The van der Waals surface area contributed by atoms with Gasteiger partial charge in [0.05, 0.1) is 0 Å². The lowest BCUT2D eigenvalue weighted by molar-refractivity contribution is 0.0736. The zero-order chi connectivity index (χ0) is 19.7. The Morgan fingerprint density at radius 2 is 1.61 bits per heavy atom. The largest absolute Gasteiger partial charge is 0.338 e. The Balaban J connectivity index is 1.49. The lowest BCUT2D eigenvalue weighted by atomic mass is 10.1. The topological polar surface area (TPSA) is 41.4 Å². The van der Waals surface area contributed by atoms with Crippen LogP contribution in [0.4, 0.5) is 14.7 Å². The van der Waals surface area contributed by atoms with Gasteiger partial charge >= 0.3 is 0 Å². The van der Waals surface area contributed by atoms with Crippen LogP contribution in [-0.2, 0) is 0 Å². The normalized spacial score (nSPS) is 14.4. The number of benzene rings is 2. The maximum Gasteiger partial charge on any atom is 0.259 e. The van der Waals surface area contributed by atoms with Crippen LogP contribution in [0.5, 0.6) is 0 Å². The molecule has 0 unspecified atom stereocenters. The minimum Gasteiger partial charge on any atom is -0.338 e. The first kappa shape index (κ1) is 18.2. The molecule has 28 heavy (non-hydrogen) atoms. The number of rotatable bonds is 3. The number of hydrogen-bond donors (Lipinski definition) is 0. The van der Waals surface area contributed by atoms with Gasteiger partial charge in [0.1, 0.15) is 17.2 Å². The number of aryl methyl sites for hydroxylation is 1. The summed E-state index contributed by atoms with van der Waals surface area (Å²) in [7, 11) is 0. The van der Waals surface area contributed by atoms with Crippen molar-refractivity contribution in [1.82, 2.24) is 14.5 Å². The summed E-state index contributed by atoms with van der Waals surface area (Å²) < 4.78 is 29.8. The molecule has 2 heterocycles. The van der Waals surface area contributed by atoms with Gasteiger partial charge in [0, 0.05) is 44.3 Å². The molecule has 1 aliphatic heterocycles. The average molecular weight is 382 g/mol. The molecule has 0 radical (unpaired) electrons. The molecule has 0 aliphatic carbocycles. The fraction of sp³-hybridized carbons (Fsp3) is 0.238. The Morgan fingerprint density at radius 1 is 0.964 bits per heavy atom. The second kappa shape index (κ2) is 7.42. The Hall–Kier alpha value is -3.22. The van der Waals surface area contributed by atoms with E-state index in [0.29, 0.717) is 26.2 Å². The third-order valence-corrected chi connectivity index (χ3v) is 4.96. The Morgan fingerprint density at radius 3 is 2.25 bits per heavy atom. The molecule has 1 saturated heterocycles. The van der Waals surface area contributed by atoms with Gasteiger partial charge in [0.2, 0.25) is 5.95 Å². The van der Waals surface area contributed by atoms with E-state index in [1.54, 1.807) is 6.20 Å². The maximum absolute atomic E-state index is 13.9. The second-order valence-electron chi connectivity index (χ2n) is 6.81. The monoisotopic (exact) mass is 382 g/mol. The first-order valence-electron chi connectivity index (χ1n) is 9.13. The molecule has 0 N–H and O–H groups in total. The first-order valence-corrected chi connectivity index (χ1v) is 9.13. The molecule has 1 aliphatic rings. The van der Waals surface area contributed by atoms with E-state index in [4.69, 9.17) is 0 Å². The van der Waals surface area contributed by atoms with Crippen LogP contribution in [0.15, 0.2) is 54.9 Å². The summed E-state index contributed by atoms with van der Waals surface area (Å²) in [6.45, 7) is 3.84. The van der Waals surface area contributed by atoms with Crippen LogP contribution in [0.1, 0.15) is 15.9 Å². The molecular formula is C21H20F2N4O. The van der Waals surface area contributed by atoms with Gasteiger partial charge in [-0.15, -0.1) is 0 Å². The Bertz CT molecular complexity index is 972. The molecule has 144 valence electrons. The lowest BCUT2D eigenvalue weighted by Gasteiger charge is -2.35. The van der Waals surface area contributed by atoms with Gasteiger partial charge in [0.25, 0.3) is 5.91 Å². The molecule has 0 spiro atoms. The third kappa shape index (κ3) is 3.35. The van der Waals surface area contributed by atoms with E-state index in [9.17, 15) is 13.6 Å². The SMILES string of the molecule is Cc1ccc(-n2ccnc2N2CCN(C(=O)c3c(F)cccc3F)CC2)cc1. The molecule has 7 heteroatoms. The molecule has 0 bridgehead atoms. The molecular weight excluding hydrogens is 362 g/mol. The lowest BCUT2D eigenvalue weighted by Crippen LogP contribution is -2.49. The van der Waals surface area contributed by atoms with Crippen LogP contribution in [0.3, 0.4) is 0 Å². The van der Waals surface area contributed by atoms with Gasteiger partial charge in [0.15, 0.2) is 0 Å². The van der Waals surface area contributed by atoms with Crippen molar-refractivity contribution in [3.05, 3.63) is 77.6 Å². The summed E-state index contributed by atoms with van der Waals surface area (Å²) in [5, 5.41) is 0. The zero-order valence-electron chi connectivity index (χ0n) is 15.5. The quantitative estimate of drug-likeness (QED) is 0.697. The summed E-state index contributed by atoms with van der Waals surface area (Å²) in [5.74, 6) is -1.49. The van der Waals surface area contributed by atoms with E-state index in [-0.39, 0.29) is 0 Å². The average Bonchev–Trinajstić information content (AvgIpc) is 3.18. The van der Waals surface area contributed by atoms with Gasteiger partial charge in [-0.1, -0.05) is 23.8 Å². The number of anilines is 1. The van der Waals surface area contributed by atoms with Crippen LogP contribution < -0.4 is 4.90 Å². The standard InChI is InChI=1S/C21H20F2N4O/c1-15-5-7-16(8-6-15)27-10-9-24-21(27)26-13-11-25(12-14-26)20(28)19-17(22)3-2-4-18(19)23/h2-10H,11-14H2,1H3. The number of nitrogens with zero attached hydrogens (tertiary/aromatic N) is 4. The van der Waals surface area contributed by atoms with Crippen molar-refractivity contribution in [2.45, 2.75) is 6.92 Å². The number of amides is 1. The van der Waals surface area contributed by atoms with Crippen molar-refractivity contribution >= 4 is 11.9 Å². The second-order valence-corrected chi connectivity index (χ2v) is 6.81. The smallest absolute Gasteiger partial charge is 0.259 e. The van der Waals surface area contributed by atoms with Crippen LogP contribution in [0, 0.1) is 18.6 Å². The van der Waals surface area contributed by atoms with Gasteiger partial charge in [-0.05, 0) is 31.2 Å². The van der Waals surface area contributed by atoms with Crippen LogP contribution >= 0.6 is 0 Å². The summed E-state index contributed by atoms with van der Waals surface area (Å²) >= 11 is 0. The zero-order valence-corrected chi connectivity index (χ0v) is 15.5. The number of carbonyl (C=O) groups is 1. The van der Waals surface area contributed by atoms with Crippen molar-refractivity contribution in [3.63, 3.8) is 0 Å². The van der Waals surface area contributed by atoms with E-state index < -0.39 is 23.1 Å². The van der Waals surface area contributed by atoms with Crippen molar-refractivity contribution in [2.24, 2.45) is 0 Å². The highest BCUT2D eigenvalue weighted by molar-refractivity contribution is 5.95. The Kier molecular flexibility index (Phi) is 4.81. The van der Waals surface area contributed by atoms with E-state index >= 15 is 0 Å². The minimum atomic E-state index is -0.831. The molecule has 0 atom stereocenters. The van der Waals surface area contributed by atoms with Crippen molar-refractivity contribution in [2.75, 3.05) is 31.1 Å². The van der Waals surface area contributed by atoms with Crippen LogP contribution in [0.2, 0.25) is 0 Å². The number of aromatic nitrogens is 2. The molecule has 0 saturated carbocycles. The fourth-order valence-corrected chi connectivity index (χ4v) is 3.41. The summed E-state index contributed by atoms with van der Waals surface area (Å²) in [5.41, 5.74) is 1.69. The van der Waals surface area contributed by atoms with E-state index in [2.05, 4.69) is 9.88 Å². The van der Waals surface area contributed by atoms with Gasteiger partial charge in [-0.2, -0.15) is 0 Å². The van der Waals surface area contributed by atoms with E-state index in [1.807, 2.05) is 42.0 Å². The highest BCUT2D eigenvalue weighted by atomic mass is 19.1. The van der Waals surface area contributed by atoms with Crippen molar-refractivity contribution < 1.29 is 13.6 Å². The molecule has 4 rings (SSSR count). The Labute approximate surface area is 161 Å². The maximum atomic E-state index is 13.9. The highest BCUT2D eigenvalue weighted by Gasteiger charge is 2.27. The summed E-state index contributed by atoms with van der Waals surface area (Å²) in [6, 6.07) is 11.6. The fourth-order valence-electron chi connectivity index (χ4n) is 3.41. The number of hydrogen-bond acceptors (Lipinski definition) is 3. The van der Waals surface area contributed by atoms with Gasteiger partial charge in [-0.25, -0.2) is 13.8 Å². The van der Waals surface area contributed by atoms with Crippen LogP contribution in [0.25, 0.3) is 5.69 Å². The minimum absolute atomic E-state index is 0.368. The first-order chi connectivity index (χ1) is 13.5. The summed E-state index contributed by atoms with van der Waals surface area (Å²) in [4.78, 5) is 20.6. The van der Waals surface area contributed by atoms with Gasteiger partial charge < -0.3 is 9.80 Å². The predicted octanol–water partition coefficient (Wildman–Crippen LogP) is 3.42. The molecule has 1 amide bonds. The molecule has 3 aromatic rings. The van der Waals surface area contributed by atoms with Crippen molar-refractivity contribution in [3.8, 4) is 5.69 Å². The van der Waals surface area contributed by atoms with Crippen molar-refractivity contribution in [1.29, 1.82) is 0 Å². The number of piperazine rings is 1. The summed E-state index contributed by atoms with van der Waals surface area (Å²) in [6.07, 6.45) is 3.63. The number of imidazole rings is 1. The molecule has 5 nitrogen and oxygen atoms in total. The molecule has 1 aromatic heterocycles.